The van der Waals surface area contributed by atoms with Crippen LogP contribution in [-0.2, 0) is 28.7 Å². The lowest BCUT2D eigenvalue weighted by Crippen LogP contribution is -2.62. The Balaban J connectivity index is 2.09. The number of hydrogen-bond acceptors (Lipinski definition) is 8. The molecule has 2 aliphatic heterocycles. The van der Waals surface area contributed by atoms with E-state index in [-0.39, 0.29) is 6.61 Å². The van der Waals surface area contributed by atoms with Crippen molar-refractivity contribution in [2.75, 3.05) is 13.2 Å². The van der Waals surface area contributed by atoms with E-state index >= 15 is 0 Å². The number of hydrogen-bond donors (Lipinski definition) is 3. The molecule has 0 aromatic rings. The van der Waals surface area contributed by atoms with E-state index in [0.29, 0.717) is 0 Å². The second kappa shape index (κ2) is 4.60. The van der Waals surface area contributed by atoms with Crippen LogP contribution in [0.3, 0.4) is 0 Å². The smallest absolute Gasteiger partial charge is 0.333 e. The van der Waals surface area contributed by atoms with Crippen molar-refractivity contribution >= 4 is 10.3 Å². The third kappa shape index (κ3) is 3.23. The Bertz CT molecular complexity index is 451. The number of nitrogens with two attached hydrogens (primary N) is 1. The monoisotopic (exact) mass is 299 g/mol. The van der Waals surface area contributed by atoms with Gasteiger partial charge in [0.15, 0.2) is 5.79 Å². The second-order valence-electron chi connectivity index (χ2n) is 4.99. The number of fused-ring (bicyclic) bond motifs is 1. The molecule has 4 atom stereocenters. The number of aliphatic hydroxyl groups excluding tert-OH is 1. The van der Waals surface area contributed by atoms with Crippen molar-refractivity contribution in [2.45, 2.75) is 43.7 Å². The lowest BCUT2D eigenvalue weighted by molar-refractivity contribution is -0.315. The van der Waals surface area contributed by atoms with E-state index in [0.717, 1.165) is 0 Å². The minimum Gasteiger partial charge on any atom is -0.385 e. The first-order valence-corrected chi connectivity index (χ1v) is 7.07. The van der Waals surface area contributed by atoms with Crippen LogP contribution in [-0.4, -0.2) is 61.7 Å². The Hall–Kier alpha value is -0.330. The van der Waals surface area contributed by atoms with Gasteiger partial charge in [-0.3, -0.25) is 4.18 Å². The molecule has 2 fully saturated rings. The molecule has 2 rings (SSSR count). The summed E-state index contributed by atoms with van der Waals surface area (Å²) >= 11 is 0. The molecule has 112 valence electrons. The van der Waals surface area contributed by atoms with Gasteiger partial charge in [-0.1, -0.05) is 0 Å². The SMILES string of the molecule is CC1(C)OC2CO[C@@](O)(COS(N)(=O)=O)[C@H](O)C2O1. The fourth-order valence-electron chi connectivity index (χ4n) is 2.12. The molecule has 0 aliphatic carbocycles. The lowest BCUT2D eigenvalue weighted by Gasteiger charge is -2.40. The van der Waals surface area contributed by atoms with Gasteiger partial charge >= 0.3 is 10.3 Å². The van der Waals surface area contributed by atoms with Gasteiger partial charge in [-0.25, -0.2) is 5.14 Å². The van der Waals surface area contributed by atoms with Crippen LogP contribution < -0.4 is 5.14 Å². The molecule has 2 saturated heterocycles. The molecule has 0 radical (unpaired) electrons. The van der Waals surface area contributed by atoms with Crippen LogP contribution in [0.5, 0.6) is 0 Å². The summed E-state index contributed by atoms with van der Waals surface area (Å²) in [5.41, 5.74) is 0. The molecule has 9 nitrogen and oxygen atoms in total. The zero-order valence-corrected chi connectivity index (χ0v) is 11.3. The molecular weight excluding hydrogens is 282 g/mol. The highest BCUT2D eigenvalue weighted by Crippen LogP contribution is 2.37. The van der Waals surface area contributed by atoms with Gasteiger partial charge in [0.2, 0.25) is 5.79 Å². The summed E-state index contributed by atoms with van der Waals surface area (Å²) in [4.78, 5) is 0. The highest BCUT2D eigenvalue weighted by Gasteiger charge is 2.56. The van der Waals surface area contributed by atoms with E-state index in [1.807, 2.05) is 0 Å². The topological polar surface area (TPSA) is 138 Å². The van der Waals surface area contributed by atoms with E-state index in [4.69, 9.17) is 14.2 Å². The predicted octanol–water partition coefficient (Wildman–Crippen LogP) is -2.19. The van der Waals surface area contributed by atoms with Crippen molar-refractivity contribution in [3.8, 4) is 0 Å². The molecule has 0 spiro atoms. The Labute approximate surface area is 110 Å². The summed E-state index contributed by atoms with van der Waals surface area (Å²) in [6, 6.07) is 0. The first-order valence-electron chi connectivity index (χ1n) is 5.60. The van der Waals surface area contributed by atoms with Crippen LogP contribution in [0.15, 0.2) is 0 Å². The molecule has 0 amide bonds. The lowest BCUT2D eigenvalue weighted by atomic mass is 9.98. The first-order chi connectivity index (χ1) is 8.53. The fraction of sp³-hybridized carbons (Fsp3) is 1.00. The molecule has 0 saturated carbocycles. The molecule has 0 aromatic heterocycles. The number of aliphatic hydroxyl groups is 2. The second-order valence-corrected chi connectivity index (χ2v) is 6.22. The molecule has 4 N–H and O–H groups in total. The van der Waals surface area contributed by atoms with Crippen molar-refractivity contribution in [1.29, 1.82) is 0 Å². The van der Waals surface area contributed by atoms with Gasteiger partial charge in [0.1, 0.15) is 24.9 Å². The van der Waals surface area contributed by atoms with Crippen LogP contribution in [0.2, 0.25) is 0 Å². The molecule has 19 heavy (non-hydrogen) atoms. The molecule has 2 unspecified atom stereocenters. The van der Waals surface area contributed by atoms with Gasteiger partial charge in [-0.15, -0.1) is 0 Å². The molecular formula is C9H17NO8S. The zero-order valence-electron chi connectivity index (χ0n) is 10.5. The van der Waals surface area contributed by atoms with Crippen molar-refractivity contribution in [2.24, 2.45) is 5.14 Å². The minimum absolute atomic E-state index is 0.0738. The maximum absolute atomic E-state index is 10.7. The van der Waals surface area contributed by atoms with E-state index in [1.54, 1.807) is 13.8 Å². The maximum Gasteiger partial charge on any atom is 0.333 e. The molecule has 2 heterocycles. The summed E-state index contributed by atoms with van der Waals surface area (Å²) in [5.74, 6) is -3.15. The van der Waals surface area contributed by atoms with Crippen molar-refractivity contribution in [3.63, 3.8) is 0 Å². The van der Waals surface area contributed by atoms with Crippen molar-refractivity contribution < 1.29 is 37.0 Å². The zero-order chi connectivity index (χ0) is 14.5. The molecule has 10 heteroatoms. The highest BCUT2D eigenvalue weighted by molar-refractivity contribution is 7.84. The van der Waals surface area contributed by atoms with E-state index in [9.17, 15) is 18.6 Å². The Kier molecular flexibility index (Phi) is 3.65. The quantitative estimate of drug-likeness (QED) is 0.534. The van der Waals surface area contributed by atoms with Gasteiger partial charge in [-0.05, 0) is 13.8 Å². The summed E-state index contributed by atoms with van der Waals surface area (Å²) in [6.07, 6.45) is -2.94. The van der Waals surface area contributed by atoms with Crippen LogP contribution in [0.25, 0.3) is 0 Å². The standard InChI is InChI=1S/C9H17NO8S/c1-8(2)17-5-3-15-9(12,4-16-19(10,13)14)7(11)6(5)18-8/h5-7,11-12H,3-4H2,1-2H3,(H2,10,13,14)/t5?,6?,7-,9+/m1/s1. The van der Waals surface area contributed by atoms with E-state index in [2.05, 4.69) is 9.32 Å². The van der Waals surface area contributed by atoms with Gasteiger partial charge in [0.25, 0.3) is 0 Å². The summed E-state index contributed by atoms with van der Waals surface area (Å²) in [7, 11) is -4.25. The Morgan fingerprint density at radius 2 is 2.05 bits per heavy atom. The largest absolute Gasteiger partial charge is 0.385 e. The van der Waals surface area contributed by atoms with Gasteiger partial charge < -0.3 is 24.4 Å². The average molecular weight is 299 g/mol. The van der Waals surface area contributed by atoms with Crippen LogP contribution in [0.1, 0.15) is 13.8 Å². The van der Waals surface area contributed by atoms with E-state index < -0.39 is 46.8 Å². The Morgan fingerprint density at radius 1 is 1.42 bits per heavy atom. The van der Waals surface area contributed by atoms with Crippen molar-refractivity contribution in [1.82, 2.24) is 0 Å². The third-order valence-electron chi connectivity index (χ3n) is 2.92. The van der Waals surface area contributed by atoms with Gasteiger partial charge in [0, 0.05) is 0 Å². The summed E-state index contributed by atoms with van der Waals surface area (Å²) in [6.45, 7) is 2.39. The van der Waals surface area contributed by atoms with Crippen LogP contribution in [0, 0.1) is 0 Å². The average Bonchev–Trinajstić information content (AvgIpc) is 2.56. The third-order valence-corrected chi connectivity index (χ3v) is 3.37. The normalized spacial score (nSPS) is 42.1. The minimum atomic E-state index is -4.25. The predicted molar refractivity (Wildman–Crippen MR) is 59.8 cm³/mol. The summed E-state index contributed by atoms with van der Waals surface area (Å²) in [5, 5.41) is 24.8. The first kappa shape index (κ1) is 15.1. The Morgan fingerprint density at radius 3 is 2.63 bits per heavy atom. The van der Waals surface area contributed by atoms with Crippen molar-refractivity contribution in [3.05, 3.63) is 0 Å². The highest BCUT2D eigenvalue weighted by atomic mass is 32.2. The van der Waals surface area contributed by atoms with Gasteiger partial charge in [0.05, 0.1) is 6.61 Å². The molecule has 0 bridgehead atoms. The van der Waals surface area contributed by atoms with Crippen LogP contribution >= 0.6 is 0 Å². The summed E-state index contributed by atoms with van der Waals surface area (Å²) < 4.78 is 41.6. The van der Waals surface area contributed by atoms with Crippen LogP contribution in [0.4, 0.5) is 0 Å². The van der Waals surface area contributed by atoms with E-state index in [1.165, 1.54) is 0 Å². The molecule has 0 aromatic carbocycles. The maximum atomic E-state index is 10.7. The van der Waals surface area contributed by atoms with Gasteiger partial charge in [-0.2, -0.15) is 8.42 Å². The number of ether oxygens (including phenoxy) is 3. The fourth-order valence-corrected chi connectivity index (χ4v) is 2.45. The molecule has 2 aliphatic rings. The number of rotatable bonds is 3.